The molecule has 1 amide bonds. The van der Waals surface area contributed by atoms with Gasteiger partial charge in [-0.05, 0) is 54.3 Å². The molecule has 0 atom stereocenters. The molecule has 5 heteroatoms. The molecule has 0 aliphatic heterocycles. The zero-order chi connectivity index (χ0) is 18.1. The fourth-order valence-corrected chi connectivity index (χ4v) is 3.47. The minimum absolute atomic E-state index is 0.0311. The van der Waals surface area contributed by atoms with Crippen molar-refractivity contribution in [2.75, 3.05) is 13.7 Å². The summed E-state index contributed by atoms with van der Waals surface area (Å²) in [4.78, 5) is 15.6. The van der Waals surface area contributed by atoms with Gasteiger partial charge < -0.3 is 15.0 Å². The number of carbonyl (C=O) groups excluding carboxylic acids is 1. The summed E-state index contributed by atoms with van der Waals surface area (Å²) in [6.07, 6.45) is 4.11. The van der Waals surface area contributed by atoms with Crippen molar-refractivity contribution in [3.63, 3.8) is 0 Å². The number of H-pyrrole nitrogens is 1. The number of halogens is 1. The summed E-state index contributed by atoms with van der Waals surface area (Å²) in [6, 6.07) is 12.5. The first-order chi connectivity index (χ1) is 12.6. The number of benzene rings is 2. The summed E-state index contributed by atoms with van der Waals surface area (Å²) in [6.45, 7) is 0.543. The van der Waals surface area contributed by atoms with Crippen LogP contribution in [0.5, 0.6) is 5.75 Å². The molecule has 26 heavy (non-hydrogen) atoms. The van der Waals surface area contributed by atoms with Gasteiger partial charge in [-0.15, -0.1) is 0 Å². The van der Waals surface area contributed by atoms with E-state index >= 15 is 0 Å². The number of amides is 1. The number of aromatic nitrogens is 1. The Kier molecular flexibility index (Phi) is 4.15. The van der Waals surface area contributed by atoms with Crippen molar-refractivity contribution < 1.29 is 13.9 Å². The van der Waals surface area contributed by atoms with Crippen LogP contribution in [-0.4, -0.2) is 24.5 Å². The van der Waals surface area contributed by atoms with Crippen LogP contribution in [0.1, 0.15) is 24.0 Å². The van der Waals surface area contributed by atoms with Gasteiger partial charge in [-0.1, -0.05) is 12.1 Å². The molecule has 0 unspecified atom stereocenters. The summed E-state index contributed by atoms with van der Waals surface area (Å²) in [5.74, 6) is 0.506. The number of hydrogen-bond acceptors (Lipinski definition) is 2. The van der Waals surface area contributed by atoms with Gasteiger partial charge in [-0.25, -0.2) is 4.39 Å². The van der Waals surface area contributed by atoms with E-state index in [1.807, 2.05) is 30.5 Å². The highest BCUT2D eigenvalue weighted by molar-refractivity contribution is 5.89. The molecule has 4 rings (SSSR count). The Bertz CT molecular complexity index is 960. The van der Waals surface area contributed by atoms with Gasteiger partial charge in [0.05, 0.1) is 13.5 Å². The van der Waals surface area contributed by atoms with Crippen molar-refractivity contribution >= 4 is 16.8 Å². The zero-order valence-electron chi connectivity index (χ0n) is 14.6. The Morgan fingerprint density at radius 2 is 2.12 bits per heavy atom. The molecule has 2 aromatic carbocycles. The summed E-state index contributed by atoms with van der Waals surface area (Å²) < 4.78 is 18.8. The number of fused-ring (bicyclic) bond motifs is 1. The molecule has 3 aromatic rings. The third-order valence-electron chi connectivity index (χ3n) is 5.24. The van der Waals surface area contributed by atoms with Crippen LogP contribution in [0.15, 0.2) is 48.7 Å². The highest BCUT2D eigenvalue weighted by Gasteiger charge is 2.44. The SMILES string of the molecule is COc1ccc2[nH]cc(CC(=O)NCC3(c4cccc(F)c4)CC3)c2c1. The molecule has 1 heterocycles. The Labute approximate surface area is 151 Å². The number of rotatable bonds is 6. The van der Waals surface area contributed by atoms with Crippen molar-refractivity contribution in [3.8, 4) is 5.75 Å². The molecule has 1 aliphatic carbocycles. The van der Waals surface area contributed by atoms with Crippen LogP contribution < -0.4 is 10.1 Å². The molecule has 0 bridgehead atoms. The minimum Gasteiger partial charge on any atom is -0.497 e. The zero-order valence-corrected chi connectivity index (χ0v) is 14.6. The fraction of sp³-hybridized carbons (Fsp3) is 0.286. The maximum atomic E-state index is 13.5. The maximum Gasteiger partial charge on any atom is 0.224 e. The molecule has 1 aromatic heterocycles. The van der Waals surface area contributed by atoms with Crippen LogP contribution in [0.4, 0.5) is 4.39 Å². The van der Waals surface area contributed by atoms with Gasteiger partial charge in [-0.2, -0.15) is 0 Å². The second kappa shape index (κ2) is 6.48. The molecular weight excluding hydrogens is 331 g/mol. The molecule has 2 N–H and O–H groups in total. The topological polar surface area (TPSA) is 54.1 Å². The first kappa shape index (κ1) is 16.6. The number of ether oxygens (including phenoxy) is 1. The smallest absolute Gasteiger partial charge is 0.224 e. The van der Waals surface area contributed by atoms with Crippen LogP contribution in [0.2, 0.25) is 0 Å². The Balaban J connectivity index is 1.43. The Morgan fingerprint density at radius 1 is 1.27 bits per heavy atom. The lowest BCUT2D eigenvalue weighted by atomic mass is 9.95. The van der Waals surface area contributed by atoms with E-state index in [1.54, 1.807) is 19.2 Å². The lowest BCUT2D eigenvalue weighted by molar-refractivity contribution is -0.120. The van der Waals surface area contributed by atoms with E-state index in [1.165, 1.54) is 6.07 Å². The molecule has 1 aliphatic rings. The van der Waals surface area contributed by atoms with Crippen LogP contribution in [0.25, 0.3) is 10.9 Å². The molecule has 1 saturated carbocycles. The molecule has 0 radical (unpaired) electrons. The van der Waals surface area contributed by atoms with E-state index in [2.05, 4.69) is 10.3 Å². The minimum atomic E-state index is -0.229. The fourth-order valence-electron chi connectivity index (χ4n) is 3.47. The summed E-state index contributed by atoms with van der Waals surface area (Å²) in [5.41, 5.74) is 2.77. The van der Waals surface area contributed by atoms with E-state index in [-0.39, 0.29) is 17.1 Å². The maximum absolute atomic E-state index is 13.5. The van der Waals surface area contributed by atoms with E-state index < -0.39 is 0 Å². The highest BCUT2D eigenvalue weighted by Crippen LogP contribution is 2.47. The van der Waals surface area contributed by atoms with Crippen LogP contribution >= 0.6 is 0 Å². The van der Waals surface area contributed by atoms with Gasteiger partial charge >= 0.3 is 0 Å². The summed E-state index contributed by atoms with van der Waals surface area (Å²) >= 11 is 0. The predicted molar refractivity (Wildman–Crippen MR) is 98.9 cm³/mol. The van der Waals surface area contributed by atoms with E-state index in [4.69, 9.17) is 4.74 Å². The number of methoxy groups -OCH3 is 1. The molecule has 4 nitrogen and oxygen atoms in total. The standard InChI is InChI=1S/C21H21FN2O2/c1-26-17-5-6-19-18(11-17)14(12-23-19)9-20(25)24-13-21(7-8-21)15-3-2-4-16(22)10-15/h2-6,10-12,23H,7-9,13H2,1H3,(H,24,25). The lowest BCUT2D eigenvalue weighted by Crippen LogP contribution is -2.33. The van der Waals surface area contributed by atoms with Crippen LogP contribution in [0, 0.1) is 5.82 Å². The Morgan fingerprint density at radius 3 is 2.85 bits per heavy atom. The van der Waals surface area contributed by atoms with Gasteiger partial charge in [0.25, 0.3) is 0 Å². The van der Waals surface area contributed by atoms with Gasteiger partial charge in [-0.3, -0.25) is 4.79 Å². The van der Waals surface area contributed by atoms with Gasteiger partial charge in [0.2, 0.25) is 5.91 Å². The number of nitrogens with one attached hydrogen (secondary N) is 2. The highest BCUT2D eigenvalue weighted by atomic mass is 19.1. The van der Waals surface area contributed by atoms with Crippen molar-refractivity contribution in [3.05, 3.63) is 65.6 Å². The first-order valence-corrected chi connectivity index (χ1v) is 8.76. The third-order valence-corrected chi connectivity index (χ3v) is 5.24. The van der Waals surface area contributed by atoms with Crippen molar-refractivity contribution in [2.45, 2.75) is 24.7 Å². The lowest BCUT2D eigenvalue weighted by Gasteiger charge is -2.16. The summed E-state index contributed by atoms with van der Waals surface area (Å²) in [5, 5.41) is 4.02. The second-order valence-electron chi connectivity index (χ2n) is 6.97. The quantitative estimate of drug-likeness (QED) is 0.711. The van der Waals surface area contributed by atoms with Crippen molar-refractivity contribution in [1.29, 1.82) is 0 Å². The molecule has 134 valence electrons. The monoisotopic (exact) mass is 352 g/mol. The van der Waals surface area contributed by atoms with E-state index in [0.717, 1.165) is 40.6 Å². The van der Waals surface area contributed by atoms with E-state index in [9.17, 15) is 9.18 Å². The van der Waals surface area contributed by atoms with Crippen molar-refractivity contribution in [2.24, 2.45) is 0 Å². The van der Waals surface area contributed by atoms with Gasteiger partial charge in [0.1, 0.15) is 11.6 Å². The predicted octanol–water partition coefficient (Wildman–Crippen LogP) is 3.71. The Hall–Kier alpha value is -2.82. The average molecular weight is 352 g/mol. The molecule has 0 saturated heterocycles. The number of carbonyl (C=O) groups is 1. The largest absolute Gasteiger partial charge is 0.497 e. The average Bonchev–Trinajstić information content (AvgIpc) is 3.35. The molecule has 1 fully saturated rings. The van der Waals surface area contributed by atoms with E-state index in [0.29, 0.717) is 13.0 Å². The second-order valence-corrected chi connectivity index (χ2v) is 6.97. The van der Waals surface area contributed by atoms with Gasteiger partial charge in [0.15, 0.2) is 0 Å². The normalized spacial score (nSPS) is 15.0. The van der Waals surface area contributed by atoms with Gasteiger partial charge in [0, 0.05) is 29.1 Å². The van der Waals surface area contributed by atoms with Crippen LogP contribution in [0.3, 0.4) is 0 Å². The van der Waals surface area contributed by atoms with Crippen molar-refractivity contribution in [1.82, 2.24) is 10.3 Å². The number of aromatic amines is 1. The first-order valence-electron chi connectivity index (χ1n) is 8.76. The number of hydrogen-bond donors (Lipinski definition) is 2. The van der Waals surface area contributed by atoms with Crippen LogP contribution in [-0.2, 0) is 16.6 Å². The third kappa shape index (κ3) is 3.17. The molecule has 0 spiro atoms. The summed E-state index contributed by atoms with van der Waals surface area (Å²) in [7, 11) is 1.63. The molecular formula is C21H21FN2O2.